The first-order valence-electron chi connectivity index (χ1n) is 10.9. The Kier molecular flexibility index (Phi) is 5.49. The van der Waals surface area contributed by atoms with Gasteiger partial charge in [-0.25, -0.2) is 4.98 Å². The number of aromatic nitrogens is 3. The van der Waals surface area contributed by atoms with E-state index >= 15 is 0 Å². The summed E-state index contributed by atoms with van der Waals surface area (Å²) in [6, 6.07) is 11.1. The fraction of sp³-hybridized carbons (Fsp3) is 0.417. The van der Waals surface area contributed by atoms with Crippen molar-refractivity contribution in [1.29, 1.82) is 0 Å². The van der Waals surface area contributed by atoms with Crippen LogP contribution in [0, 0.1) is 11.8 Å². The smallest absolute Gasteiger partial charge is 0.210 e. The molecule has 1 N–H and O–H groups in total. The molecule has 0 amide bonds. The predicted molar refractivity (Wildman–Crippen MR) is 118 cm³/mol. The molecule has 1 aliphatic carbocycles. The van der Waals surface area contributed by atoms with Crippen molar-refractivity contribution in [2.75, 3.05) is 31.1 Å². The Bertz CT molecular complexity index is 1080. The Balaban J connectivity index is 1.19. The quantitative estimate of drug-likeness (QED) is 0.644. The van der Waals surface area contributed by atoms with Gasteiger partial charge in [-0.05, 0) is 50.0 Å². The zero-order valence-electron chi connectivity index (χ0n) is 17.7. The van der Waals surface area contributed by atoms with Crippen molar-refractivity contribution in [2.24, 2.45) is 0 Å². The second kappa shape index (κ2) is 8.58. The molecule has 5 rings (SSSR count). The molecular formula is C24H27N5O2. The van der Waals surface area contributed by atoms with Crippen LogP contribution in [0.3, 0.4) is 0 Å². The lowest BCUT2D eigenvalue weighted by Gasteiger charge is -2.36. The summed E-state index contributed by atoms with van der Waals surface area (Å²) in [4.78, 5) is 9.25. The summed E-state index contributed by atoms with van der Waals surface area (Å²) < 4.78 is 7.21. The number of aliphatic hydroxyl groups excluding tert-OH is 1. The molecule has 2 fully saturated rings. The van der Waals surface area contributed by atoms with Crippen molar-refractivity contribution in [3.8, 4) is 11.8 Å². The van der Waals surface area contributed by atoms with Crippen LogP contribution in [-0.2, 0) is 6.54 Å². The Morgan fingerprint density at radius 2 is 1.90 bits per heavy atom. The van der Waals surface area contributed by atoms with Crippen LogP contribution in [0.15, 0.2) is 47.2 Å². The molecule has 7 heteroatoms. The highest BCUT2D eigenvalue weighted by atomic mass is 16.5. The average molecular weight is 418 g/mol. The number of aliphatic hydroxyl groups is 1. The van der Waals surface area contributed by atoms with Crippen LogP contribution >= 0.6 is 0 Å². The SMILES string of the molecule is C[C@H](O)c1nccn1Cc1cc(C#Cc2ccc(N3CCN(C4CC4)CC3)cc2)on1. The van der Waals surface area contributed by atoms with Gasteiger partial charge in [0.05, 0.1) is 6.54 Å². The molecule has 31 heavy (non-hydrogen) atoms. The minimum Gasteiger partial charge on any atom is -0.385 e. The van der Waals surface area contributed by atoms with Gasteiger partial charge in [-0.1, -0.05) is 11.1 Å². The summed E-state index contributed by atoms with van der Waals surface area (Å²) in [6.07, 6.45) is 5.61. The van der Waals surface area contributed by atoms with Gasteiger partial charge in [0.25, 0.3) is 0 Å². The van der Waals surface area contributed by atoms with Gasteiger partial charge >= 0.3 is 0 Å². The highest BCUT2D eigenvalue weighted by molar-refractivity contribution is 5.51. The maximum absolute atomic E-state index is 9.77. The number of piperazine rings is 1. The second-order valence-electron chi connectivity index (χ2n) is 8.32. The summed E-state index contributed by atoms with van der Waals surface area (Å²) >= 11 is 0. The maximum atomic E-state index is 9.77. The van der Waals surface area contributed by atoms with Gasteiger partial charge < -0.3 is 19.1 Å². The molecule has 2 aromatic heterocycles. The van der Waals surface area contributed by atoms with E-state index in [0.29, 0.717) is 18.1 Å². The first-order valence-corrected chi connectivity index (χ1v) is 10.9. The van der Waals surface area contributed by atoms with Gasteiger partial charge in [-0.2, -0.15) is 0 Å². The second-order valence-corrected chi connectivity index (χ2v) is 8.32. The summed E-state index contributed by atoms with van der Waals surface area (Å²) in [6.45, 7) is 6.69. The summed E-state index contributed by atoms with van der Waals surface area (Å²) in [7, 11) is 0. The molecule has 1 aliphatic heterocycles. The topological polar surface area (TPSA) is 70.6 Å². The third-order valence-electron chi connectivity index (χ3n) is 5.95. The Morgan fingerprint density at radius 3 is 2.61 bits per heavy atom. The van der Waals surface area contributed by atoms with Crippen molar-refractivity contribution in [2.45, 2.75) is 38.5 Å². The lowest BCUT2D eigenvalue weighted by Crippen LogP contribution is -2.47. The summed E-state index contributed by atoms with van der Waals surface area (Å²) in [5.41, 5.74) is 2.95. The first kappa shape index (κ1) is 19.9. The molecular weight excluding hydrogens is 390 g/mol. The fourth-order valence-corrected chi connectivity index (χ4v) is 4.12. The van der Waals surface area contributed by atoms with Crippen molar-refractivity contribution < 1.29 is 9.63 Å². The average Bonchev–Trinajstić information content (AvgIpc) is 3.37. The molecule has 1 aromatic carbocycles. The van der Waals surface area contributed by atoms with Crippen molar-refractivity contribution in [1.82, 2.24) is 19.6 Å². The molecule has 0 radical (unpaired) electrons. The molecule has 0 spiro atoms. The minimum absolute atomic E-state index is 0.480. The van der Waals surface area contributed by atoms with E-state index in [9.17, 15) is 5.11 Å². The van der Waals surface area contributed by atoms with Crippen LogP contribution in [-0.4, -0.2) is 56.9 Å². The number of rotatable bonds is 5. The van der Waals surface area contributed by atoms with Crippen LogP contribution in [0.1, 0.15) is 48.7 Å². The third kappa shape index (κ3) is 4.66. The van der Waals surface area contributed by atoms with Crippen molar-refractivity contribution in [3.63, 3.8) is 0 Å². The van der Waals surface area contributed by atoms with Gasteiger partial charge in [0.15, 0.2) is 0 Å². The van der Waals surface area contributed by atoms with Crippen LogP contribution in [0.5, 0.6) is 0 Å². The van der Waals surface area contributed by atoms with Crippen LogP contribution in [0.4, 0.5) is 5.69 Å². The zero-order chi connectivity index (χ0) is 21.2. The molecule has 0 unspecified atom stereocenters. The number of benzene rings is 1. The first-order chi connectivity index (χ1) is 15.2. The molecule has 1 saturated heterocycles. The standard InChI is InChI=1S/C24H27N5O2/c1-18(30)24-25-10-11-29(24)17-20-16-23(31-26-20)9-4-19-2-5-21(6-3-19)27-12-14-28(15-13-27)22-7-8-22/h2-3,5-6,10-11,16,18,22,30H,7-8,12-15,17H2,1H3/t18-/m0/s1. The fourth-order valence-electron chi connectivity index (χ4n) is 4.12. The Labute approximate surface area is 182 Å². The van der Waals surface area contributed by atoms with E-state index in [2.05, 4.69) is 56.0 Å². The monoisotopic (exact) mass is 417 g/mol. The van der Waals surface area contributed by atoms with Crippen LogP contribution in [0.25, 0.3) is 0 Å². The summed E-state index contributed by atoms with van der Waals surface area (Å²) in [5.74, 6) is 7.33. The van der Waals surface area contributed by atoms with E-state index in [1.165, 1.54) is 18.5 Å². The van der Waals surface area contributed by atoms with Gasteiger partial charge in [0, 0.05) is 61.9 Å². The number of nitrogens with zero attached hydrogens (tertiary/aromatic N) is 5. The summed E-state index contributed by atoms with van der Waals surface area (Å²) in [5, 5.41) is 13.9. The lowest BCUT2D eigenvalue weighted by atomic mass is 10.1. The lowest BCUT2D eigenvalue weighted by molar-refractivity contribution is 0.184. The number of anilines is 1. The zero-order valence-corrected chi connectivity index (χ0v) is 17.7. The highest BCUT2D eigenvalue weighted by Gasteiger charge is 2.31. The minimum atomic E-state index is -0.633. The number of hydrogen-bond donors (Lipinski definition) is 1. The van der Waals surface area contributed by atoms with Crippen LogP contribution < -0.4 is 4.90 Å². The van der Waals surface area contributed by atoms with Crippen molar-refractivity contribution >= 4 is 5.69 Å². The number of imidazole rings is 1. The molecule has 1 saturated carbocycles. The Hall–Kier alpha value is -3.08. The molecule has 3 aromatic rings. The van der Waals surface area contributed by atoms with E-state index in [-0.39, 0.29) is 0 Å². The molecule has 7 nitrogen and oxygen atoms in total. The predicted octanol–water partition coefficient (Wildman–Crippen LogP) is 2.66. The van der Waals surface area contributed by atoms with E-state index in [4.69, 9.17) is 4.52 Å². The van der Waals surface area contributed by atoms with Gasteiger partial charge in [0.1, 0.15) is 17.6 Å². The largest absolute Gasteiger partial charge is 0.385 e. The van der Waals surface area contributed by atoms with Gasteiger partial charge in [-0.15, -0.1) is 0 Å². The third-order valence-corrected chi connectivity index (χ3v) is 5.95. The van der Waals surface area contributed by atoms with E-state index in [1.54, 1.807) is 13.1 Å². The molecule has 3 heterocycles. The Morgan fingerprint density at radius 1 is 1.13 bits per heavy atom. The highest BCUT2D eigenvalue weighted by Crippen LogP contribution is 2.28. The van der Waals surface area contributed by atoms with Crippen LogP contribution in [0.2, 0.25) is 0 Å². The van der Waals surface area contributed by atoms with Gasteiger partial charge in [-0.3, -0.25) is 4.90 Å². The molecule has 2 aliphatic rings. The molecule has 0 bridgehead atoms. The molecule has 160 valence electrons. The van der Waals surface area contributed by atoms with Crippen molar-refractivity contribution in [3.05, 3.63) is 65.6 Å². The van der Waals surface area contributed by atoms with Gasteiger partial charge in [0.2, 0.25) is 5.76 Å². The normalized spacial score (nSPS) is 17.9. The van der Waals surface area contributed by atoms with E-state index < -0.39 is 6.10 Å². The molecule has 1 atom stereocenters. The van der Waals surface area contributed by atoms with E-state index in [0.717, 1.165) is 43.5 Å². The number of hydrogen-bond acceptors (Lipinski definition) is 6. The maximum Gasteiger partial charge on any atom is 0.210 e. The van der Waals surface area contributed by atoms with E-state index in [1.807, 2.05) is 16.8 Å².